The lowest BCUT2D eigenvalue weighted by molar-refractivity contribution is -0.136. The van der Waals surface area contributed by atoms with Crippen molar-refractivity contribution in [3.8, 4) is 11.5 Å². The number of methoxy groups -OCH3 is 3. The van der Waals surface area contributed by atoms with Gasteiger partial charge in [0, 0.05) is 11.6 Å². The van der Waals surface area contributed by atoms with Gasteiger partial charge in [-0.2, -0.15) is 0 Å². The zero-order valence-corrected chi connectivity index (χ0v) is 18.9. The van der Waals surface area contributed by atoms with Gasteiger partial charge in [-0.05, 0) is 30.7 Å². The van der Waals surface area contributed by atoms with Crippen molar-refractivity contribution in [2.24, 2.45) is 4.99 Å². The summed E-state index contributed by atoms with van der Waals surface area (Å²) in [5, 5.41) is 0. The zero-order valence-electron chi connectivity index (χ0n) is 18.1. The molecule has 1 aliphatic heterocycles. The minimum absolute atomic E-state index is 0.241. The third kappa shape index (κ3) is 3.73. The Labute approximate surface area is 188 Å². The zero-order chi connectivity index (χ0) is 22.8. The predicted octanol–water partition coefficient (Wildman–Crippen LogP) is 2.43. The average molecular weight is 451 g/mol. The Morgan fingerprint density at radius 1 is 1.09 bits per heavy atom. The van der Waals surface area contributed by atoms with Gasteiger partial charge in [0.05, 0.1) is 43.2 Å². The number of fused-ring (bicyclic) bond motifs is 1. The molecule has 1 aliphatic rings. The molecule has 2 heterocycles. The van der Waals surface area contributed by atoms with Gasteiger partial charge in [-0.25, -0.2) is 9.79 Å². The lowest BCUT2D eigenvalue weighted by atomic mass is 9.96. The Morgan fingerprint density at radius 2 is 1.84 bits per heavy atom. The fraction of sp³-hybridized carbons (Fsp3) is 0.208. The largest absolute Gasteiger partial charge is 0.497 e. The second-order valence-electron chi connectivity index (χ2n) is 7.09. The van der Waals surface area contributed by atoms with Crippen LogP contribution < -0.4 is 24.4 Å². The summed E-state index contributed by atoms with van der Waals surface area (Å²) in [5.74, 6) is 0.732. The molecule has 0 unspecified atom stereocenters. The molecule has 2 aromatic carbocycles. The minimum atomic E-state index is -0.625. The fourth-order valence-electron chi connectivity index (χ4n) is 3.72. The van der Waals surface area contributed by atoms with Gasteiger partial charge in [0.2, 0.25) is 0 Å². The van der Waals surface area contributed by atoms with E-state index in [-0.39, 0.29) is 5.56 Å². The van der Waals surface area contributed by atoms with Crippen molar-refractivity contribution in [3.63, 3.8) is 0 Å². The van der Waals surface area contributed by atoms with Gasteiger partial charge < -0.3 is 14.2 Å². The maximum atomic E-state index is 13.5. The van der Waals surface area contributed by atoms with Gasteiger partial charge in [0.15, 0.2) is 4.80 Å². The van der Waals surface area contributed by atoms with Gasteiger partial charge >= 0.3 is 5.97 Å². The van der Waals surface area contributed by atoms with E-state index in [1.165, 1.54) is 18.4 Å². The van der Waals surface area contributed by atoms with Crippen LogP contribution >= 0.6 is 11.3 Å². The molecule has 164 valence electrons. The number of hydrogen-bond acceptors (Lipinski definition) is 7. The normalized spacial score (nSPS) is 15.8. The molecule has 32 heavy (non-hydrogen) atoms. The Kier molecular flexibility index (Phi) is 5.96. The van der Waals surface area contributed by atoms with E-state index >= 15 is 0 Å². The minimum Gasteiger partial charge on any atom is -0.497 e. The highest BCUT2D eigenvalue weighted by atomic mass is 32.1. The van der Waals surface area contributed by atoms with Gasteiger partial charge in [0.1, 0.15) is 11.5 Å². The van der Waals surface area contributed by atoms with Crippen LogP contribution in [0, 0.1) is 0 Å². The molecule has 7 nitrogen and oxygen atoms in total. The van der Waals surface area contributed by atoms with Gasteiger partial charge in [0.25, 0.3) is 5.56 Å². The molecule has 0 saturated heterocycles. The van der Waals surface area contributed by atoms with E-state index in [0.29, 0.717) is 32.1 Å². The van der Waals surface area contributed by atoms with Gasteiger partial charge in [-0.15, -0.1) is 0 Å². The van der Waals surface area contributed by atoms with Gasteiger partial charge in [-0.3, -0.25) is 9.36 Å². The number of thiazole rings is 1. The van der Waals surface area contributed by atoms with E-state index in [0.717, 1.165) is 11.1 Å². The number of nitrogens with zero attached hydrogens (tertiary/aromatic N) is 2. The van der Waals surface area contributed by atoms with Crippen molar-refractivity contribution < 1.29 is 19.0 Å². The second-order valence-corrected chi connectivity index (χ2v) is 8.10. The highest BCUT2D eigenvalue weighted by Gasteiger charge is 2.32. The molecule has 1 aromatic heterocycles. The highest BCUT2D eigenvalue weighted by Crippen LogP contribution is 2.30. The van der Waals surface area contributed by atoms with Crippen LogP contribution in [0.25, 0.3) is 6.08 Å². The number of hydrogen-bond donors (Lipinski definition) is 0. The second kappa shape index (κ2) is 8.84. The van der Waals surface area contributed by atoms with Crippen molar-refractivity contribution in [1.82, 2.24) is 4.57 Å². The molecule has 0 N–H and O–H groups in total. The number of aromatic nitrogens is 1. The fourth-order valence-corrected chi connectivity index (χ4v) is 4.76. The predicted molar refractivity (Wildman–Crippen MR) is 122 cm³/mol. The molecule has 0 aliphatic carbocycles. The monoisotopic (exact) mass is 450 g/mol. The van der Waals surface area contributed by atoms with E-state index in [9.17, 15) is 9.59 Å². The summed E-state index contributed by atoms with van der Waals surface area (Å²) in [6.07, 6.45) is 1.77. The first kappa shape index (κ1) is 21.6. The Balaban J connectivity index is 1.96. The van der Waals surface area contributed by atoms with E-state index in [2.05, 4.69) is 4.99 Å². The molecule has 0 bridgehead atoms. The van der Waals surface area contributed by atoms with Crippen molar-refractivity contribution >= 4 is 23.4 Å². The van der Waals surface area contributed by atoms with E-state index in [1.54, 1.807) is 43.9 Å². The van der Waals surface area contributed by atoms with E-state index in [1.807, 2.05) is 36.4 Å². The molecule has 8 heteroatoms. The molecular formula is C24H22N2O5S. The number of esters is 1. The number of benzene rings is 2. The summed E-state index contributed by atoms with van der Waals surface area (Å²) in [6, 6.07) is 14.2. The third-order valence-corrected chi connectivity index (χ3v) is 6.25. The lowest BCUT2D eigenvalue weighted by Gasteiger charge is -2.24. The van der Waals surface area contributed by atoms with Crippen LogP contribution in [-0.4, -0.2) is 31.9 Å². The molecule has 0 radical (unpaired) electrons. The van der Waals surface area contributed by atoms with E-state index in [4.69, 9.17) is 14.2 Å². The maximum absolute atomic E-state index is 13.5. The van der Waals surface area contributed by atoms with Crippen molar-refractivity contribution in [3.05, 3.63) is 90.6 Å². The van der Waals surface area contributed by atoms with E-state index < -0.39 is 12.0 Å². The molecule has 0 saturated carbocycles. The smallest absolute Gasteiger partial charge is 0.338 e. The molecular weight excluding hydrogens is 428 g/mol. The number of carbonyl (C=O) groups excluding carboxylic acids is 1. The molecule has 3 aromatic rings. The summed E-state index contributed by atoms with van der Waals surface area (Å²) in [7, 11) is 4.47. The summed E-state index contributed by atoms with van der Waals surface area (Å²) in [4.78, 5) is 31.2. The van der Waals surface area contributed by atoms with Gasteiger partial charge in [-0.1, -0.05) is 41.7 Å². The first-order chi connectivity index (χ1) is 15.5. The van der Waals surface area contributed by atoms with Crippen molar-refractivity contribution in [1.29, 1.82) is 0 Å². The maximum Gasteiger partial charge on any atom is 0.338 e. The standard InChI is InChI=1S/C24H22N2O5S/c1-14-20(23(28)31-4)21(15-8-6-5-7-9-15)26-22(27)19(32-24(26)25-14)12-16-10-11-17(29-2)13-18(16)30-3/h5-13,21H,1-4H3/b19-12+/t21-/m0/s1. The molecule has 0 fully saturated rings. The topological polar surface area (TPSA) is 79.1 Å². The Morgan fingerprint density at radius 3 is 2.50 bits per heavy atom. The van der Waals surface area contributed by atoms with Crippen LogP contribution in [0.15, 0.2) is 69.6 Å². The van der Waals surface area contributed by atoms with Crippen LogP contribution in [-0.2, 0) is 9.53 Å². The van der Waals surface area contributed by atoms with Crippen LogP contribution in [0.3, 0.4) is 0 Å². The summed E-state index contributed by atoms with van der Waals surface area (Å²) >= 11 is 1.26. The van der Waals surface area contributed by atoms with Crippen molar-refractivity contribution in [2.45, 2.75) is 13.0 Å². The number of ether oxygens (including phenoxy) is 3. The number of carbonyl (C=O) groups is 1. The Bertz CT molecular complexity index is 1390. The molecule has 1 atom stereocenters. The van der Waals surface area contributed by atoms with Crippen LogP contribution in [0.2, 0.25) is 0 Å². The SMILES string of the molecule is COC(=O)C1=C(C)N=c2s/c(=C/c3ccc(OC)cc3OC)c(=O)n2[C@H]1c1ccccc1. The Hall–Kier alpha value is -3.65. The average Bonchev–Trinajstić information content (AvgIpc) is 3.12. The molecule has 0 spiro atoms. The summed E-state index contributed by atoms with van der Waals surface area (Å²) in [5.41, 5.74) is 2.17. The summed E-state index contributed by atoms with van der Waals surface area (Å²) < 4.78 is 17.8. The molecule has 0 amide bonds. The first-order valence-corrected chi connectivity index (χ1v) is 10.7. The lowest BCUT2D eigenvalue weighted by Crippen LogP contribution is -2.39. The highest BCUT2D eigenvalue weighted by molar-refractivity contribution is 7.07. The number of rotatable bonds is 5. The first-order valence-electron chi connectivity index (χ1n) is 9.86. The quantitative estimate of drug-likeness (QED) is 0.558. The third-order valence-electron chi connectivity index (χ3n) is 5.27. The van der Waals surface area contributed by atoms with Crippen molar-refractivity contribution in [2.75, 3.05) is 21.3 Å². The summed E-state index contributed by atoms with van der Waals surface area (Å²) in [6.45, 7) is 1.76. The van der Waals surface area contributed by atoms with Crippen LogP contribution in [0.5, 0.6) is 11.5 Å². The van der Waals surface area contributed by atoms with Crippen LogP contribution in [0.1, 0.15) is 24.1 Å². The number of allylic oxidation sites excluding steroid dienone is 1. The molecule has 4 rings (SSSR count). The van der Waals surface area contributed by atoms with Crippen LogP contribution in [0.4, 0.5) is 0 Å².